The van der Waals surface area contributed by atoms with Gasteiger partial charge in [-0.05, 0) is 68.4 Å². The van der Waals surface area contributed by atoms with Gasteiger partial charge in [0.2, 0.25) is 5.91 Å². The molecule has 3 heteroatoms. The van der Waals surface area contributed by atoms with Crippen LogP contribution in [0.4, 0.5) is 0 Å². The molecule has 1 N–H and O–H groups in total. The van der Waals surface area contributed by atoms with Crippen molar-refractivity contribution in [2.75, 3.05) is 0 Å². The Kier molecular flexibility index (Phi) is 3.66. The molecule has 2 heterocycles. The highest BCUT2D eigenvalue weighted by Gasteiger charge is 2.42. The summed E-state index contributed by atoms with van der Waals surface area (Å²) in [5.74, 6) is 1.04. The lowest BCUT2D eigenvalue weighted by Gasteiger charge is -2.34. The van der Waals surface area contributed by atoms with Gasteiger partial charge in [0.15, 0.2) is 0 Å². The molecule has 5 rings (SSSR count). The van der Waals surface area contributed by atoms with Gasteiger partial charge < -0.3 is 10.2 Å². The number of nitrogens with one attached hydrogen (secondary N) is 1. The van der Waals surface area contributed by atoms with Crippen molar-refractivity contribution < 1.29 is 4.79 Å². The van der Waals surface area contributed by atoms with E-state index in [2.05, 4.69) is 34.5 Å². The van der Waals surface area contributed by atoms with Gasteiger partial charge in [-0.25, -0.2) is 0 Å². The van der Waals surface area contributed by atoms with Crippen LogP contribution >= 0.6 is 0 Å². The van der Waals surface area contributed by atoms with Crippen LogP contribution < -0.4 is 5.32 Å². The quantitative estimate of drug-likeness (QED) is 0.918. The topological polar surface area (TPSA) is 32.3 Å². The van der Waals surface area contributed by atoms with E-state index in [1.807, 2.05) is 0 Å². The Balaban J connectivity index is 1.32. The van der Waals surface area contributed by atoms with Crippen LogP contribution in [0, 0.1) is 5.92 Å². The van der Waals surface area contributed by atoms with E-state index in [0.717, 1.165) is 19.3 Å². The van der Waals surface area contributed by atoms with Crippen molar-refractivity contribution >= 4 is 5.91 Å². The highest BCUT2D eigenvalue weighted by atomic mass is 16.2. The maximum absolute atomic E-state index is 13.2. The fourth-order valence-electron chi connectivity index (χ4n) is 5.50. The largest absolute Gasteiger partial charge is 0.333 e. The van der Waals surface area contributed by atoms with Crippen LogP contribution in [0.15, 0.2) is 24.3 Å². The maximum atomic E-state index is 13.2. The third-order valence-electron chi connectivity index (χ3n) is 6.70. The van der Waals surface area contributed by atoms with E-state index >= 15 is 0 Å². The Morgan fingerprint density at radius 2 is 1.79 bits per heavy atom. The smallest absolute Gasteiger partial charge is 0.223 e. The molecule has 0 radical (unpaired) electrons. The van der Waals surface area contributed by atoms with Gasteiger partial charge in [-0.3, -0.25) is 4.79 Å². The summed E-state index contributed by atoms with van der Waals surface area (Å²) in [6.45, 7) is 0. The average molecular weight is 324 g/mol. The molecule has 0 spiro atoms. The molecular formula is C21H28N2O. The van der Waals surface area contributed by atoms with Gasteiger partial charge in [0.05, 0.1) is 6.04 Å². The first-order chi connectivity index (χ1) is 11.8. The second-order valence-electron chi connectivity index (χ2n) is 8.46. The molecule has 1 aromatic carbocycles. The number of hydrogen-bond acceptors (Lipinski definition) is 2. The van der Waals surface area contributed by atoms with Gasteiger partial charge in [-0.15, -0.1) is 0 Å². The van der Waals surface area contributed by atoms with E-state index in [9.17, 15) is 4.79 Å². The van der Waals surface area contributed by atoms with E-state index in [-0.39, 0.29) is 0 Å². The molecule has 1 aromatic rings. The molecule has 1 saturated carbocycles. The number of amides is 1. The predicted octanol–water partition coefficient (Wildman–Crippen LogP) is 3.59. The summed E-state index contributed by atoms with van der Waals surface area (Å²) in [5.41, 5.74) is 2.88. The third kappa shape index (κ3) is 2.67. The van der Waals surface area contributed by atoms with Gasteiger partial charge in [-0.1, -0.05) is 24.3 Å². The highest BCUT2D eigenvalue weighted by molar-refractivity contribution is 5.78. The molecule has 2 saturated heterocycles. The number of hydrogen-bond donors (Lipinski definition) is 1. The summed E-state index contributed by atoms with van der Waals surface area (Å²) in [5, 5.41) is 3.70. The van der Waals surface area contributed by atoms with Gasteiger partial charge >= 0.3 is 0 Å². The summed E-state index contributed by atoms with van der Waals surface area (Å²) in [4.78, 5) is 15.5. The van der Waals surface area contributed by atoms with Crippen molar-refractivity contribution in [1.82, 2.24) is 10.2 Å². The van der Waals surface area contributed by atoms with E-state index in [0.29, 0.717) is 36.0 Å². The number of benzene rings is 1. The van der Waals surface area contributed by atoms with Gasteiger partial charge in [0.1, 0.15) is 0 Å². The van der Waals surface area contributed by atoms with Crippen molar-refractivity contribution in [1.29, 1.82) is 0 Å². The van der Waals surface area contributed by atoms with Crippen molar-refractivity contribution in [3.05, 3.63) is 35.4 Å². The first-order valence-corrected chi connectivity index (χ1v) is 9.93. The minimum absolute atomic E-state index is 0.347. The number of carbonyl (C=O) groups excluding carboxylic acids is 1. The zero-order valence-electron chi connectivity index (χ0n) is 14.4. The molecule has 2 bridgehead atoms. The van der Waals surface area contributed by atoms with Crippen LogP contribution in [-0.4, -0.2) is 28.9 Å². The Morgan fingerprint density at radius 1 is 1.04 bits per heavy atom. The number of rotatable bonds is 4. The second kappa shape index (κ2) is 5.87. The predicted molar refractivity (Wildman–Crippen MR) is 94.7 cm³/mol. The molecule has 3 nitrogen and oxygen atoms in total. The van der Waals surface area contributed by atoms with Gasteiger partial charge in [-0.2, -0.15) is 0 Å². The molecule has 3 unspecified atom stereocenters. The van der Waals surface area contributed by atoms with E-state index < -0.39 is 0 Å². The number of aryl methyl sites for hydroxylation is 1. The molecule has 2 aliphatic heterocycles. The van der Waals surface area contributed by atoms with Crippen LogP contribution in [0.1, 0.15) is 68.5 Å². The maximum Gasteiger partial charge on any atom is 0.223 e. The molecule has 3 atom stereocenters. The summed E-state index contributed by atoms with van der Waals surface area (Å²) >= 11 is 0. The number of nitrogens with zero attached hydrogens (tertiary/aromatic N) is 1. The van der Waals surface area contributed by atoms with Crippen LogP contribution in [0.3, 0.4) is 0 Å². The van der Waals surface area contributed by atoms with Crippen LogP contribution in [-0.2, 0) is 11.2 Å². The lowest BCUT2D eigenvalue weighted by Crippen LogP contribution is -2.41. The summed E-state index contributed by atoms with van der Waals surface area (Å²) in [7, 11) is 0. The SMILES string of the molecule is O=C(CC1CC2CCC(C1)N2)N(C1CC1)C1CCc2ccccc21. The van der Waals surface area contributed by atoms with Crippen molar-refractivity contribution in [2.45, 2.75) is 82.0 Å². The molecule has 128 valence electrons. The van der Waals surface area contributed by atoms with Crippen molar-refractivity contribution in [3.63, 3.8) is 0 Å². The summed E-state index contributed by atoms with van der Waals surface area (Å²) < 4.78 is 0. The van der Waals surface area contributed by atoms with E-state index in [4.69, 9.17) is 0 Å². The minimum atomic E-state index is 0.347. The zero-order valence-corrected chi connectivity index (χ0v) is 14.4. The van der Waals surface area contributed by atoms with Gasteiger partial charge in [0.25, 0.3) is 0 Å². The summed E-state index contributed by atoms with van der Waals surface area (Å²) in [6.07, 6.45) is 10.5. The monoisotopic (exact) mass is 324 g/mol. The molecule has 24 heavy (non-hydrogen) atoms. The van der Waals surface area contributed by atoms with Crippen LogP contribution in [0.2, 0.25) is 0 Å². The Labute approximate surface area is 144 Å². The molecule has 4 aliphatic rings. The molecule has 0 aromatic heterocycles. The lowest BCUT2D eigenvalue weighted by molar-refractivity contribution is -0.135. The number of piperidine rings is 1. The Morgan fingerprint density at radius 3 is 2.54 bits per heavy atom. The van der Waals surface area contributed by atoms with Crippen LogP contribution in [0.25, 0.3) is 0 Å². The third-order valence-corrected chi connectivity index (χ3v) is 6.70. The standard InChI is InChI=1S/C21H28N2O/c24-21(13-14-11-16-6-7-17(12-14)22-16)23(18-8-9-18)20-10-5-15-3-1-2-4-19(15)20/h1-4,14,16-18,20,22H,5-13H2. The zero-order chi connectivity index (χ0) is 16.1. The minimum Gasteiger partial charge on any atom is -0.333 e. The lowest BCUT2D eigenvalue weighted by atomic mass is 9.89. The second-order valence-corrected chi connectivity index (χ2v) is 8.46. The number of carbonyl (C=O) groups is 1. The fourth-order valence-corrected chi connectivity index (χ4v) is 5.50. The first-order valence-electron chi connectivity index (χ1n) is 9.93. The Bertz CT molecular complexity index is 626. The van der Waals surface area contributed by atoms with E-state index in [1.165, 1.54) is 49.7 Å². The summed E-state index contributed by atoms with van der Waals surface area (Å²) in [6, 6.07) is 11.0. The number of fused-ring (bicyclic) bond motifs is 3. The average Bonchev–Trinajstić information content (AvgIpc) is 3.24. The van der Waals surface area contributed by atoms with Gasteiger partial charge in [0, 0.05) is 24.5 Å². The molecule has 1 amide bonds. The molecule has 2 aliphatic carbocycles. The normalized spacial score (nSPS) is 34.2. The Hall–Kier alpha value is -1.35. The first kappa shape index (κ1) is 14.9. The molecule has 3 fully saturated rings. The van der Waals surface area contributed by atoms with E-state index in [1.54, 1.807) is 0 Å². The highest BCUT2D eigenvalue weighted by Crippen LogP contribution is 2.43. The fraction of sp³-hybridized carbons (Fsp3) is 0.667. The van der Waals surface area contributed by atoms with Crippen molar-refractivity contribution in [3.8, 4) is 0 Å². The van der Waals surface area contributed by atoms with Crippen LogP contribution in [0.5, 0.6) is 0 Å². The molecular weight excluding hydrogens is 296 g/mol. The van der Waals surface area contributed by atoms with Crippen molar-refractivity contribution in [2.24, 2.45) is 5.92 Å².